The molecule has 0 unspecified atom stereocenters. The number of carbonyl (C=O) groups is 2. The third-order valence-corrected chi connectivity index (χ3v) is 8.59. The van der Waals surface area contributed by atoms with Crippen LogP contribution < -0.4 is 5.32 Å². The van der Waals surface area contributed by atoms with Gasteiger partial charge in [-0.05, 0) is 40.5 Å². The smallest absolute Gasteiger partial charge is 0.407 e. The van der Waals surface area contributed by atoms with Crippen molar-refractivity contribution in [3.63, 3.8) is 0 Å². The lowest BCUT2D eigenvalue weighted by Gasteiger charge is -2.28. The first-order valence-corrected chi connectivity index (χ1v) is 21.1. The first-order chi connectivity index (χ1) is 24.5. The van der Waals surface area contributed by atoms with Crippen molar-refractivity contribution in [2.24, 2.45) is 0 Å². The van der Waals surface area contributed by atoms with Crippen molar-refractivity contribution in [2.45, 2.75) is 213 Å². The summed E-state index contributed by atoms with van der Waals surface area (Å²) in [6.07, 6.45) is 32.1. The van der Waals surface area contributed by atoms with Crippen LogP contribution in [0.4, 0.5) is 4.79 Å². The minimum atomic E-state index is -0.968. The highest BCUT2D eigenvalue weighted by atomic mass is 16.6. The van der Waals surface area contributed by atoms with E-state index in [-0.39, 0.29) is 26.4 Å². The van der Waals surface area contributed by atoms with E-state index in [1.807, 2.05) is 0 Å². The third-order valence-electron chi connectivity index (χ3n) is 8.59. The van der Waals surface area contributed by atoms with Crippen molar-refractivity contribution in [3.8, 4) is 0 Å². The fraction of sp³-hybridized carbons (Fsp3) is 0.952. The molecule has 3 N–H and O–H groups in total. The lowest BCUT2D eigenvalue weighted by atomic mass is 10.1. The van der Waals surface area contributed by atoms with Gasteiger partial charge in [-0.2, -0.15) is 0 Å². The summed E-state index contributed by atoms with van der Waals surface area (Å²) in [6, 6.07) is 0. The van der Waals surface area contributed by atoms with Crippen LogP contribution in [0, 0.1) is 0 Å². The van der Waals surface area contributed by atoms with E-state index in [1.54, 1.807) is 27.7 Å². The molecule has 0 saturated carbocycles. The maximum Gasteiger partial charge on any atom is 0.407 e. The number of nitrogens with one attached hydrogen (secondary N) is 1. The molecule has 0 aromatic rings. The van der Waals surface area contributed by atoms with Gasteiger partial charge in [0.05, 0.1) is 24.4 Å². The summed E-state index contributed by atoms with van der Waals surface area (Å²) in [5, 5.41) is 20.7. The van der Waals surface area contributed by atoms with Crippen LogP contribution in [0.5, 0.6) is 0 Å². The van der Waals surface area contributed by atoms with Gasteiger partial charge in [0.1, 0.15) is 13.2 Å². The molecule has 9 heteroatoms. The van der Waals surface area contributed by atoms with E-state index >= 15 is 0 Å². The van der Waals surface area contributed by atoms with Crippen LogP contribution in [-0.2, 0) is 23.7 Å². The fourth-order valence-corrected chi connectivity index (χ4v) is 5.34. The number of hydrogen-bond acceptors (Lipinski definition) is 8. The predicted molar refractivity (Wildman–Crippen MR) is 211 cm³/mol. The normalized spacial score (nSPS) is 11.6. The Kier molecular flexibility index (Phi) is 38.8. The summed E-state index contributed by atoms with van der Waals surface area (Å²) in [5.41, 5.74) is -1.71. The Morgan fingerprint density at radius 3 is 1.37 bits per heavy atom. The minimum absolute atomic E-state index is 0.00910. The molecule has 0 radical (unpaired) electrons. The molecule has 0 atom stereocenters. The highest BCUT2D eigenvalue weighted by Crippen LogP contribution is 2.15. The summed E-state index contributed by atoms with van der Waals surface area (Å²) in [4.78, 5) is 23.5. The molecule has 51 heavy (non-hydrogen) atoms. The van der Waals surface area contributed by atoms with Gasteiger partial charge in [0, 0.05) is 26.2 Å². The zero-order valence-electron chi connectivity index (χ0n) is 34.5. The summed E-state index contributed by atoms with van der Waals surface area (Å²) >= 11 is 0. The molecule has 0 bridgehead atoms. The van der Waals surface area contributed by atoms with Gasteiger partial charge in [-0.25, -0.2) is 4.79 Å². The van der Waals surface area contributed by atoms with Crippen molar-refractivity contribution in [2.75, 3.05) is 46.2 Å². The Balaban J connectivity index is 0. The van der Waals surface area contributed by atoms with Crippen molar-refractivity contribution < 1.29 is 38.7 Å². The van der Waals surface area contributed by atoms with E-state index < -0.39 is 23.3 Å². The number of hydrogen-bond donors (Lipinski definition) is 3. The van der Waals surface area contributed by atoms with Gasteiger partial charge < -0.3 is 34.5 Å². The Morgan fingerprint density at radius 1 is 0.529 bits per heavy atom. The van der Waals surface area contributed by atoms with Crippen molar-refractivity contribution >= 4 is 12.1 Å². The molecule has 0 aliphatic carbocycles. The van der Waals surface area contributed by atoms with Gasteiger partial charge in [-0.3, -0.25) is 4.79 Å². The molecule has 0 aromatic carbocycles. The standard InChI is InChI=1S/C28H55NO7.C14H30O/c1-6-7-8-9-10-11-12-13-14-15-16-17-19-33-20-18-21-34-26(31)29-22-25(30)35-24-28(4,5)36-23-27(2,3)32;1-2-3-4-5-6-7-8-9-10-11-12-13-14-15/h32H,6-24H2,1-5H3,(H,29,31);15H,2-14H2,1H3. The van der Waals surface area contributed by atoms with E-state index in [4.69, 9.17) is 24.1 Å². The Hall–Kier alpha value is -1.42. The van der Waals surface area contributed by atoms with Gasteiger partial charge in [0.2, 0.25) is 0 Å². The minimum Gasteiger partial charge on any atom is -0.461 e. The molecule has 0 heterocycles. The molecular formula is C42H85NO8. The van der Waals surface area contributed by atoms with Crippen LogP contribution in [0.3, 0.4) is 0 Å². The zero-order valence-corrected chi connectivity index (χ0v) is 34.5. The molecule has 0 saturated heterocycles. The average molecular weight is 732 g/mol. The van der Waals surface area contributed by atoms with Crippen LogP contribution in [0.25, 0.3) is 0 Å². The molecular weight excluding hydrogens is 646 g/mol. The van der Waals surface area contributed by atoms with E-state index in [0.717, 1.165) is 19.4 Å². The second kappa shape index (κ2) is 38.3. The zero-order chi connectivity index (χ0) is 38.3. The predicted octanol–water partition coefficient (Wildman–Crippen LogP) is 10.6. The van der Waals surface area contributed by atoms with E-state index in [9.17, 15) is 14.7 Å². The van der Waals surface area contributed by atoms with Crippen LogP contribution in [0.15, 0.2) is 0 Å². The number of rotatable bonds is 36. The monoisotopic (exact) mass is 732 g/mol. The fourth-order valence-electron chi connectivity index (χ4n) is 5.34. The third kappa shape index (κ3) is 46.6. The SMILES string of the molecule is CCCCCCCCCCCCCCO.CCCCCCCCCCCCCCOCCCOC(=O)NCC(=O)OCC(C)(C)OCC(C)(C)O. The number of aliphatic hydroxyl groups is 2. The first kappa shape index (κ1) is 51.7. The number of aliphatic hydroxyl groups excluding tert-OH is 1. The van der Waals surface area contributed by atoms with E-state index in [0.29, 0.717) is 19.6 Å². The quantitative estimate of drug-likeness (QED) is 0.0430. The number of esters is 1. The topological polar surface area (TPSA) is 124 Å². The average Bonchev–Trinajstić information content (AvgIpc) is 3.09. The first-order valence-electron chi connectivity index (χ1n) is 21.1. The maximum absolute atomic E-state index is 11.8. The molecule has 0 fully saturated rings. The van der Waals surface area contributed by atoms with Crippen molar-refractivity contribution in [1.82, 2.24) is 5.32 Å². The summed E-state index contributed by atoms with van der Waals surface area (Å²) < 4.78 is 21.3. The maximum atomic E-state index is 11.8. The van der Waals surface area contributed by atoms with Gasteiger partial charge >= 0.3 is 12.1 Å². The highest BCUT2D eigenvalue weighted by Gasteiger charge is 2.25. The Morgan fingerprint density at radius 2 is 0.941 bits per heavy atom. The Bertz CT molecular complexity index is 729. The largest absolute Gasteiger partial charge is 0.461 e. The second-order valence-electron chi connectivity index (χ2n) is 15.5. The lowest BCUT2D eigenvalue weighted by Crippen LogP contribution is -2.39. The number of amides is 1. The number of alkyl carbamates (subject to hydrolysis) is 1. The summed E-state index contributed by atoms with van der Waals surface area (Å²) in [5.74, 6) is -0.586. The van der Waals surface area contributed by atoms with Crippen LogP contribution >= 0.6 is 0 Å². The number of carbonyl (C=O) groups excluding carboxylic acids is 2. The van der Waals surface area contributed by atoms with Crippen LogP contribution in [-0.4, -0.2) is 79.7 Å². The second-order valence-corrected chi connectivity index (χ2v) is 15.5. The van der Waals surface area contributed by atoms with Crippen molar-refractivity contribution in [1.29, 1.82) is 0 Å². The molecule has 0 rings (SSSR count). The lowest BCUT2D eigenvalue weighted by molar-refractivity contribution is -0.157. The van der Waals surface area contributed by atoms with E-state index in [2.05, 4.69) is 19.2 Å². The van der Waals surface area contributed by atoms with Gasteiger partial charge in [-0.15, -0.1) is 0 Å². The summed E-state index contributed by atoms with van der Waals surface area (Å²) in [7, 11) is 0. The van der Waals surface area contributed by atoms with Gasteiger partial charge in [0.15, 0.2) is 0 Å². The number of ether oxygens (including phenoxy) is 4. The molecule has 0 spiro atoms. The van der Waals surface area contributed by atoms with Crippen LogP contribution in [0.1, 0.15) is 202 Å². The van der Waals surface area contributed by atoms with Gasteiger partial charge in [-0.1, -0.05) is 155 Å². The number of unbranched alkanes of at least 4 members (excludes halogenated alkanes) is 22. The molecule has 9 nitrogen and oxygen atoms in total. The Labute approximate surface area is 315 Å². The molecule has 306 valence electrons. The summed E-state index contributed by atoms with van der Waals surface area (Å²) in [6.45, 7) is 13.1. The van der Waals surface area contributed by atoms with E-state index in [1.165, 1.54) is 141 Å². The molecule has 1 amide bonds. The molecule has 0 aliphatic rings. The molecule has 0 aromatic heterocycles. The highest BCUT2D eigenvalue weighted by molar-refractivity contribution is 5.77. The molecule has 0 aliphatic heterocycles. The van der Waals surface area contributed by atoms with Crippen LogP contribution in [0.2, 0.25) is 0 Å². The van der Waals surface area contributed by atoms with Gasteiger partial charge in [0.25, 0.3) is 0 Å². The van der Waals surface area contributed by atoms with Crippen molar-refractivity contribution in [3.05, 3.63) is 0 Å².